The van der Waals surface area contributed by atoms with Crippen molar-refractivity contribution in [2.24, 2.45) is 0 Å². The lowest BCUT2D eigenvalue weighted by molar-refractivity contribution is 0.0935. The van der Waals surface area contributed by atoms with E-state index < -0.39 is 0 Å². The van der Waals surface area contributed by atoms with Crippen LogP contribution in [0, 0.1) is 6.92 Å². The number of nitrogens with two attached hydrogens (primary N) is 1. The van der Waals surface area contributed by atoms with Crippen LogP contribution in [0.15, 0.2) is 34.7 Å². The minimum absolute atomic E-state index is 0.219. The van der Waals surface area contributed by atoms with Crippen molar-refractivity contribution in [1.29, 1.82) is 0 Å². The quantitative estimate of drug-likeness (QED) is 0.840. The summed E-state index contributed by atoms with van der Waals surface area (Å²) in [5.41, 5.74) is 6.68. The lowest BCUT2D eigenvalue weighted by Gasteiger charge is -2.12. The van der Waals surface area contributed by atoms with Gasteiger partial charge in [0.25, 0.3) is 5.91 Å². The molecule has 3 N–H and O–H groups in total. The molecule has 5 heteroatoms. The van der Waals surface area contributed by atoms with Gasteiger partial charge in [0, 0.05) is 17.3 Å². The summed E-state index contributed by atoms with van der Waals surface area (Å²) in [6.07, 6.45) is 0. The van der Waals surface area contributed by atoms with Crippen molar-refractivity contribution < 1.29 is 13.9 Å². The lowest BCUT2D eigenvalue weighted by atomic mass is 10.1. The Bertz CT molecular complexity index is 619. The molecular formula is C15H18N2O3. The normalized spacial score (nSPS) is 11.9. The number of benzene rings is 1. The molecule has 0 aliphatic carbocycles. The van der Waals surface area contributed by atoms with Gasteiger partial charge in [-0.3, -0.25) is 4.79 Å². The Balaban J connectivity index is 2.13. The second-order valence-electron chi connectivity index (χ2n) is 4.64. The molecule has 106 valence electrons. The van der Waals surface area contributed by atoms with Gasteiger partial charge in [-0.05, 0) is 38.1 Å². The topological polar surface area (TPSA) is 77.5 Å². The monoisotopic (exact) mass is 274 g/mol. The van der Waals surface area contributed by atoms with E-state index in [4.69, 9.17) is 14.9 Å². The van der Waals surface area contributed by atoms with Gasteiger partial charge < -0.3 is 20.2 Å². The number of methoxy groups -OCH3 is 1. The largest absolute Gasteiger partial charge is 0.497 e. The highest BCUT2D eigenvalue weighted by Crippen LogP contribution is 2.20. The van der Waals surface area contributed by atoms with Crippen molar-refractivity contribution in [2.45, 2.75) is 19.9 Å². The predicted molar refractivity (Wildman–Crippen MR) is 76.7 cm³/mol. The Morgan fingerprint density at radius 3 is 2.70 bits per heavy atom. The smallest absolute Gasteiger partial charge is 0.252 e. The highest BCUT2D eigenvalue weighted by molar-refractivity contribution is 5.95. The number of anilines is 1. The van der Waals surface area contributed by atoms with Crippen LogP contribution in [0.5, 0.6) is 5.75 Å². The number of amides is 1. The maximum atomic E-state index is 12.2. The summed E-state index contributed by atoms with van der Waals surface area (Å²) < 4.78 is 10.6. The Morgan fingerprint density at radius 2 is 2.10 bits per heavy atom. The molecule has 1 unspecified atom stereocenters. The molecule has 1 amide bonds. The fourth-order valence-electron chi connectivity index (χ4n) is 1.91. The zero-order valence-corrected chi connectivity index (χ0v) is 11.8. The molecule has 0 saturated carbocycles. The number of nitrogens with one attached hydrogen (secondary N) is 1. The summed E-state index contributed by atoms with van der Waals surface area (Å²) in [5, 5.41) is 2.86. The van der Waals surface area contributed by atoms with Gasteiger partial charge in [0.1, 0.15) is 17.3 Å². The summed E-state index contributed by atoms with van der Waals surface area (Å²) >= 11 is 0. The fraction of sp³-hybridized carbons (Fsp3) is 0.267. The van der Waals surface area contributed by atoms with E-state index in [2.05, 4.69) is 5.32 Å². The first-order valence-corrected chi connectivity index (χ1v) is 6.31. The zero-order chi connectivity index (χ0) is 14.7. The number of rotatable bonds is 4. The second-order valence-corrected chi connectivity index (χ2v) is 4.64. The Labute approximate surface area is 117 Å². The maximum Gasteiger partial charge on any atom is 0.252 e. The van der Waals surface area contributed by atoms with Crippen LogP contribution in [0.1, 0.15) is 34.8 Å². The maximum absolute atomic E-state index is 12.2. The number of nitrogen functional groups attached to an aromatic ring is 1. The molecule has 0 spiro atoms. The van der Waals surface area contributed by atoms with Crippen LogP contribution in [0.3, 0.4) is 0 Å². The van der Waals surface area contributed by atoms with Gasteiger partial charge in [-0.25, -0.2) is 0 Å². The number of hydrogen-bond acceptors (Lipinski definition) is 4. The highest BCUT2D eigenvalue weighted by Gasteiger charge is 2.15. The lowest BCUT2D eigenvalue weighted by Crippen LogP contribution is -2.26. The summed E-state index contributed by atoms with van der Waals surface area (Å²) in [7, 11) is 1.53. The summed E-state index contributed by atoms with van der Waals surface area (Å²) in [5.74, 6) is 1.85. The van der Waals surface area contributed by atoms with E-state index >= 15 is 0 Å². The summed E-state index contributed by atoms with van der Waals surface area (Å²) in [6.45, 7) is 3.72. The van der Waals surface area contributed by atoms with E-state index in [1.54, 1.807) is 18.2 Å². The molecule has 1 aromatic carbocycles. The molecule has 0 radical (unpaired) electrons. The van der Waals surface area contributed by atoms with Crippen molar-refractivity contribution in [2.75, 3.05) is 12.8 Å². The molecule has 0 saturated heterocycles. The van der Waals surface area contributed by atoms with Crippen LogP contribution in [0.25, 0.3) is 0 Å². The van der Waals surface area contributed by atoms with Crippen LogP contribution in [0.4, 0.5) is 5.69 Å². The van der Waals surface area contributed by atoms with Crippen molar-refractivity contribution in [3.63, 3.8) is 0 Å². The molecule has 2 rings (SSSR count). The van der Waals surface area contributed by atoms with Crippen molar-refractivity contribution in [1.82, 2.24) is 5.32 Å². The fourth-order valence-corrected chi connectivity index (χ4v) is 1.91. The molecule has 1 atom stereocenters. The molecule has 1 heterocycles. The van der Waals surface area contributed by atoms with Crippen LogP contribution in [-0.2, 0) is 0 Å². The van der Waals surface area contributed by atoms with Crippen molar-refractivity contribution in [3.05, 3.63) is 47.4 Å². The van der Waals surface area contributed by atoms with E-state index in [1.807, 2.05) is 26.0 Å². The van der Waals surface area contributed by atoms with Gasteiger partial charge in [0.05, 0.1) is 13.2 Å². The van der Waals surface area contributed by atoms with Gasteiger partial charge in [-0.2, -0.15) is 0 Å². The standard InChI is InChI=1S/C15H18N2O3/c1-9-4-5-14(20-9)10(2)17-15(18)11-6-12(16)8-13(7-11)19-3/h4-8,10H,16H2,1-3H3,(H,17,18). The number of furan rings is 1. The third kappa shape index (κ3) is 3.12. The number of carbonyl (C=O) groups is 1. The molecule has 1 aromatic heterocycles. The van der Waals surface area contributed by atoms with Crippen LogP contribution >= 0.6 is 0 Å². The summed E-state index contributed by atoms with van der Waals surface area (Å²) in [6, 6.07) is 8.41. The van der Waals surface area contributed by atoms with Gasteiger partial charge in [0.15, 0.2) is 0 Å². The first-order chi connectivity index (χ1) is 9.49. The van der Waals surface area contributed by atoms with E-state index in [1.165, 1.54) is 7.11 Å². The number of ether oxygens (including phenoxy) is 1. The van der Waals surface area contributed by atoms with Crippen LogP contribution in [0.2, 0.25) is 0 Å². The van der Waals surface area contributed by atoms with Crippen LogP contribution < -0.4 is 15.8 Å². The van der Waals surface area contributed by atoms with Gasteiger partial charge >= 0.3 is 0 Å². The minimum Gasteiger partial charge on any atom is -0.497 e. The van der Waals surface area contributed by atoms with E-state index in [0.29, 0.717) is 22.8 Å². The number of aryl methyl sites for hydroxylation is 1. The Hall–Kier alpha value is -2.43. The molecule has 2 aromatic rings. The van der Waals surface area contributed by atoms with E-state index in [-0.39, 0.29) is 11.9 Å². The third-order valence-electron chi connectivity index (χ3n) is 2.96. The first kappa shape index (κ1) is 14.0. The van der Waals surface area contributed by atoms with Gasteiger partial charge in [-0.1, -0.05) is 0 Å². The molecule has 0 fully saturated rings. The van der Waals surface area contributed by atoms with Gasteiger partial charge in [-0.15, -0.1) is 0 Å². The molecule has 5 nitrogen and oxygen atoms in total. The molecule has 0 aliphatic heterocycles. The predicted octanol–water partition coefficient (Wildman–Crippen LogP) is 2.67. The van der Waals surface area contributed by atoms with E-state index in [9.17, 15) is 4.79 Å². The Morgan fingerprint density at radius 1 is 1.35 bits per heavy atom. The molecular weight excluding hydrogens is 256 g/mol. The minimum atomic E-state index is -0.225. The van der Waals surface area contributed by atoms with Crippen molar-refractivity contribution >= 4 is 11.6 Å². The molecule has 0 aliphatic rings. The number of carbonyl (C=O) groups excluding carboxylic acids is 1. The van der Waals surface area contributed by atoms with E-state index in [0.717, 1.165) is 5.76 Å². The zero-order valence-electron chi connectivity index (χ0n) is 11.8. The Kier molecular flexibility index (Phi) is 3.98. The summed E-state index contributed by atoms with van der Waals surface area (Å²) in [4.78, 5) is 12.2. The average molecular weight is 274 g/mol. The third-order valence-corrected chi connectivity index (χ3v) is 2.96. The number of hydrogen-bond donors (Lipinski definition) is 2. The molecule has 0 bridgehead atoms. The SMILES string of the molecule is COc1cc(N)cc(C(=O)NC(C)c2ccc(C)o2)c1. The highest BCUT2D eigenvalue weighted by atomic mass is 16.5. The average Bonchev–Trinajstić information content (AvgIpc) is 2.84. The van der Waals surface area contributed by atoms with Crippen LogP contribution in [-0.4, -0.2) is 13.0 Å². The second kappa shape index (κ2) is 5.69. The first-order valence-electron chi connectivity index (χ1n) is 6.31. The van der Waals surface area contributed by atoms with Crippen molar-refractivity contribution in [3.8, 4) is 5.75 Å². The van der Waals surface area contributed by atoms with Gasteiger partial charge in [0.2, 0.25) is 0 Å². The molecule has 20 heavy (non-hydrogen) atoms.